The molecule has 1 fully saturated rings. The molecule has 2 aromatic heterocycles. The Morgan fingerprint density at radius 2 is 2.24 bits per heavy atom. The molecule has 0 aromatic carbocycles. The van der Waals surface area contributed by atoms with Gasteiger partial charge in [0.2, 0.25) is 11.8 Å². The summed E-state index contributed by atoms with van der Waals surface area (Å²) in [4.78, 5) is 29.9. The number of imidazole rings is 1. The van der Waals surface area contributed by atoms with Gasteiger partial charge in [-0.15, -0.1) is 0 Å². The molecular weight excluding hydrogens is 344 g/mol. The predicted molar refractivity (Wildman–Crippen MR) is 91.8 cm³/mol. The number of likely N-dealkylation sites (tertiary alicyclic amines) is 1. The lowest BCUT2D eigenvalue weighted by molar-refractivity contribution is -0.132. The minimum atomic E-state index is -0.402. The number of hydrogen-bond acceptors (Lipinski definition) is 4. The molecule has 0 aliphatic carbocycles. The van der Waals surface area contributed by atoms with E-state index in [9.17, 15) is 9.59 Å². The number of carbonyl (C=O) groups is 2. The fourth-order valence-corrected chi connectivity index (χ4v) is 3.38. The van der Waals surface area contributed by atoms with E-state index in [0.717, 1.165) is 25.2 Å². The van der Waals surface area contributed by atoms with Crippen molar-refractivity contribution in [3.63, 3.8) is 0 Å². The Bertz CT molecular complexity index is 755. The van der Waals surface area contributed by atoms with Crippen LogP contribution in [0.5, 0.6) is 0 Å². The number of halogens is 1. The van der Waals surface area contributed by atoms with E-state index in [4.69, 9.17) is 17.3 Å². The van der Waals surface area contributed by atoms with Gasteiger partial charge in [-0.2, -0.15) is 5.10 Å². The highest BCUT2D eigenvalue weighted by Gasteiger charge is 2.27. The summed E-state index contributed by atoms with van der Waals surface area (Å²) in [5.74, 6) is 0.617. The van der Waals surface area contributed by atoms with Crippen LogP contribution in [-0.4, -0.2) is 49.1 Å². The van der Waals surface area contributed by atoms with Crippen molar-refractivity contribution in [1.29, 1.82) is 0 Å². The van der Waals surface area contributed by atoms with Crippen LogP contribution < -0.4 is 5.73 Å². The lowest BCUT2D eigenvalue weighted by atomic mass is 9.96. The summed E-state index contributed by atoms with van der Waals surface area (Å²) >= 11 is 5.83. The van der Waals surface area contributed by atoms with Gasteiger partial charge < -0.3 is 15.2 Å². The standard InChI is InChI=1S/C16H21ClN6O2/c17-13-8-20-23(10-13)6-3-15(25)21-5-1-2-12(9-21)16-19-4-7-22(16)11-14(18)24/h4,7-8,10,12H,1-3,5-6,9,11H2,(H2,18,24)/t12-/m0/s1. The molecular formula is C16H21ClN6O2. The fraction of sp³-hybridized carbons (Fsp3) is 0.500. The summed E-state index contributed by atoms with van der Waals surface area (Å²) in [6, 6.07) is 0. The number of hydrogen-bond donors (Lipinski definition) is 1. The Hall–Kier alpha value is -2.35. The molecule has 134 valence electrons. The van der Waals surface area contributed by atoms with Crippen molar-refractivity contribution in [3.8, 4) is 0 Å². The van der Waals surface area contributed by atoms with Crippen molar-refractivity contribution in [2.75, 3.05) is 13.1 Å². The summed E-state index contributed by atoms with van der Waals surface area (Å²) < 4.78 is 3.44. The normalized spacial score (nSPS) is 17.6. The maximum absolute atomic E-state index is 12.5. The number of aromatic nitrogens is 4. The lowest BCUT2D eigenvalue weighted by Crippen LogP contribution is -2.40. The Morgan fingerprint density at radius 3 is 2.96 bits per heavy atom. The fourth-order valence-electron chi connectivity index (χ4n) is 3.23. The van der Waals surface area contributed by atoms with E-state index in [2.05, 4.69) is 10.1 Å². The molecule has 0 spiro atoms. The molecule has 0 radical (unpaired) electrons. The molecule has 3 rings (SSSR count). The molecule has 2 N–H and O–H groups in total. The number of primary amides is 1. The molecule has 0 unspecified atom stereocenters. The molecule has 8 nitrogen and oxygen atoms in total. The largest absolute Gasteiger partial charge is 0.368 e. The zero-order valence-electron chi connectivity index (χ0n) is 13.8. The first-order valence-corrected chi connectivity index (χ1v) is 8.66. The quantitative estimate of drug-likeness (QED) is 0.826. The van der Waals surface area contributed by atoms with Gasteiger partial charge in [0.15, 0.2) is 0 Å². The van der Waals surface area contributed by atoms with Gasteiger partial charge in [-0.25, -0.2) is 4.98 Å². The molecule has 2 aromatic rings. The zero-order valence-corrected chi connectivity index (χ0v) is 14.6. The van der Waals surface area contributed by atoms with Crippen molar-refractivity contribution < 1.29 is 9.59 Å². The summed E-state index contributed by atoms with van der Waals surface area (Å²) in [6.45, 7) is 1.96. The predicted octanol–water partition coefficient (Wildman–Crippen LogP) is 1.01. The number of rotatable bonds is 6. The van der Waals surface area contributed by atoms with Crippen LogP contribution in [0.2, 0.25) is 5.02 Å². The van der Waals surface area contributed by atoms with Crippen LogP contribution in [0, 0.1) is 0 Å². The van der Waals surface area contributed by atoms with Gasteiger partial charge in [0.05, 0.1) is 11.2 Å². The third kappa shape index (κ3) is 4.39. The second-order valence-electron chi connectivity index (χ2n) is 6.23. The van der Waals surface area contributed by atoms with Gasteiger partial charge in [-0.05, 0) is 12.8 Å². The van der Waals surface area contributed by atoms with Gasteiger partial charge in [0, 0.05) is 50.6 Å². The highest BCUT2D eigenvalue weighted by molar-refractivity contribution is 6.30. The second-order valence-corrected chi connectivity index (χ2v) is 6.67. The molecule has 1 saturated heterocycles. The van der Waals surface area contributed by atoms with Crippen LogP contribution in [0.3, 0.4) is 0 Å². The molecule has 9 heteroatoms. The van der Waals surface area contributed by atoms with Crippen molar-refractivity contribution >= 4 is 23.4 Å². The minimum Gasteiger partial charge on any atom is -0.368 e. The molecule has 3 heterocycles. The van der Waals surface area contributed by atoms with Crippen molar-refractivity contribution in [3.05, 3.63) is 35.6 Å². The van der Waals surface area contributed by atoms with E-state index in [1.165, 1.54) is 0 Å². The molecule has 2 amide bonds. The first-order chi connectivity index (χ1) is 12.0. The molecule has 0 saturated carbocycles. The highest BCUT2D eigenvalue weighted by atomic mass is 35.5. The van der Waals surface area contributed by atoms with E-state index < -0.39 is 5.91 Å². The molecule has 1 atom stereocenters. The van der Waals surface area contributed by atoms with E-state index in [1.807, 2.05) is 4.90 Å². The Labute approximate surface area is 150 Å². The van der Waals surface area contributed by atoms with Crippen LogP contribution in [-0.2, 0) is 22.7 Å². The van der Waals surface area contributed by atoms with Crippen molar-refractivity contribution in [2.24, 2.45) is 5.73 Å². The maximum atomic E-state index is 12.5. The Morgan fingerprint density at radius 1 is 1.40 bits per heavy atom. The molecule has 0 bridgehead atoms. The Balaban J connectivity index is 1.60. The van der Waals surface area contributed by atoms with Crippen LogP contribution >= 0.6 is 11.6 Å². The first-order valence-electron chi connectivity index (χ1n) is 8.28. The second kappa shape index (κ2) is 7.69. The topological polar surface area (TPSA) is 99.0 Å². The number of nitrogens with zero attached hydrogens (tertiary/aromatic N) is 5. The number of amides is 2. The molecule has 25 heavy (non-hydrogen) atoms. The average Bonchev–Trinajstić information content (AvgIpc) is 3.21. The van der Waals surface area contributed by atoms with Gasteiger partial charge in [-0.1, -0.05) is 11.6 Å². The Kier molecular flexibility index (Phi) is 5.37. The zero-order chi connectivity index (χ0) is 17.8. The smallest absolute Gasteiger partial charge is 0.237 e. The number of carbonyl (C=O) groups excluding carboxylic acids is 2. The van der Waals surface area contributed by atoms with Crippen molar-refractivity contribution in [2.45, 2.75) is 38.3 Å². The van der Waals surface area contributed by atoms with E-state index >= 15 is 0 Å². The van der Waals surface area contributed by atoms with Crippen LogP contribution in [0.1, 0.15) is 31.0 Å². The van der Waals surface area contributed by atoms with Crippen LogP contribution in [0.15, 0.2) is 24.8 Å². The molecule has 1 aliphatic heterocycles. The van der Waals surface area contributed by atoms with Gasteiger partial charge in [0.1, 0.15) is 12.4 Å². The third-order valence-corrected chi connectivity index (χ3v) is 4.56. The first kappa shape index (κ1) is 17.5. The summed E-state index contributed by atoms with van der Waals surface area (Å²) in [5.41, 5.74) is 5.28. The summed E-state index contributed by atoms with van der Waals surface area (Å²) in [5, 5.41) is 4.65. The summed E-state index contributed by atoms with van der Waals surface area (Å²) in [6.07, 6.45) is 8.90. The number of piperidine rings is 1. The van der Waals surface area contributed by atoms with Crippen LogP contribution in [0.4, 0.5) is 0 Å². The third-order valence-electron chi connectivity index (χ3n) is 4.37. The maximum Gasteiger partial charge on any atom is 0.237 e. The van der Waals surface area contributed by atoms with E-state index in [1.54, 1.807) is 34.0 Å². The van der Waals surface area contributed by atoms with Gasteiger partial charge >= 0.3 is 0 Å². The van der Waals surface area contributed by atoms with Crippen LogP contribution in [0.25, 0.3) is 0 Å². The number of aryl methyl sites for hydroxylation is 1. The van der Waals surface area contributed by atoms with E-state index in [0.29, 0.717) is 24.5 Å². The highest BCUT2D eigenvalue weighted by Crippen LogP contribution is 2.26. The van der Waals surface area contributed by atoms with Crippen molar-refractivity contribution in [1.82, 2.24) is 24.2 Å². The summed E-state index contributed by atoms with van der Waals surface area (Å²) in [7, 11) is 0. The molecule has 1 aliphatic rings. The minimum absolute atomic E-state index is 0.0873. The number of nitrogens with two attached hydrogens (primary N) is 1. The SMILES string of the molecule is NC(=O)Cn1ccnc1[C@H]1CCCN(C(=O)CCn2cc(Cl)cn2)C1. The van der Waals surface area contributed by atoms with E-state index in [-0.39, 0.29) is 18.4 Å². The monoisotopic (exact) mass is 364 g/mol. The van der Waals surface area contributed by atoms with Gasteiger partial charge in [0.25, 0.3) is 0 Å². The van der Waals surface area contributed by atoms with Gasteiger partial charge in [-0.3, -0.25) is 14.3 Å². The lowest BCUT2D eigenvalue weighted by Gasteiger charge is -2.32. The average molecular weight is 365 g/mol.